The van der Waals surface area contributed by atoms with Crippen molar-refractivity contribution in [2.75, 3.05) is 0 Å². The fraction of sp³-hybridized carbons (Fsp3) is 0.278. The summed E-state index contributed by atoms with van der Waals surface area (Å²) in [5, 5.41) is 9.68. The standard InChI is InChI=1S/C18H18O2/c1-18(2)15-11-13(19)8-9-14(15)17(20)16(18)10-12-6-4-3-5-7-12/h3-9,11,16,19H,10H2,1-2H3. The summed E-state index contributed by atoms with van der Waals surface area (Å²) in [7, 11) is 0. The predicted molar refractivity (Wildman–Crippen MR) is 79.1 cm³/mol. The number of carbonyl (C=O) groups is 1. The van der Waals surface area contributed by atoms with E-state index in [4.69, 9.17) is 0 Å². The van der Waals surface area contributed by atoms with E-state index in [0.717, 1.165) is 17.5 Å². The van der Waals surface area contributed by atoms with Crippen LogP contribution in [0.3, 0.4) is 0 Å². The molecule has 2 nitrogen and oxygen atoms in total. The van der Waals surface area contributed by atoms with Crippen LogP contribution in [-0.2, 0) is 11.8 Å². The summed E-state index contributed by atoms with van der Waals surface area (Å²) < 4.78 is 0. The van der Waals surface area contributed by atoms with Gasteiger partial charge >= 0.3 is 0 Å². The number of hydrogen-bond acceptors (Lipinski definition) is 2. The molecular weight excluding hydrogens is 248 g/mol. The van der Waals surface area contributed by atoms with E-state index < -0.39 is 0 Å². The molecule has 1 aliphatic carbocycles. The van der Waals surface area contributed by atoms with E-state index >= 15 is 0 Å². The molecule has 2 aromatic carbocycles. The van der Waals surface area contributed by atoms with Crippen molar-refractivity contribution in [3.8, 4) is 5.75 Å². The lowest BCUT2D eigenvalue weighted by atomic mass is 9.75. The van der Waals surface area contributed by atoms with Crippen LogP contribution in [0.2, 0.25) is 0 Å². The van der Waals surface area contributed by atoms with E-state index in [1.807, 2.05) is 18.2 Å². The Balaban J connectivity index is 2.01. The molecule has 0 aromatic heterocycles. The first-order valence-corrected chi connectivity index (χ1v) is 6.92. The monoisotopic (exact) mass is 266 g/mol. The summed E-state index contributed by atoms with van der Waals surface area (Å²) in [4.78, 5) is 12.6. The van der Waals surface area contributed by atoms with Crippen LogP contribution in [0, 0.1) is 5.92 Å². The van der Waals surface area contributed by atoms with Crippen LogP contribution in [0.1, 0.15) is 35.3 Å². The lowest BCUT2D eigenvalue weighted by molar-refractivity contribution is 0.0897. The number of rotatable bonds is 2. The molecule has 0 bridgehead atoms. The number of ketones is 1. The number of phenolic OH excluding ortho intramolecular Hbond substituents is 1. The zero-order valence-corrected chi connectivity index (χ0v) is 11.8. The summed E-state index contributed by atoms with van der Waals surface area (Å²) in [6.45, 7) is 4.17. The van der Waals surface area contributed by atoms with E-state index in [1.165, 1.54) is 5.56 Å². The lowest BCUT2D eigenvalue weighted by Gasteiger charge is -2.27. The van der Waals surface area contributed by atoms with E-state index in [1.54, 1.807) is 18.2 Å². The summed E-state index contributed by atoms with van der Waals surface area (Å²) in [6.07, 6.45) is 0.738. The van der Waals surface area contributed by atoms with Crippen molar-refractivity contribution in [2.24, 2.45) is 5.92 Å². The van der Waals surface area contributed by atoms with Gasteiger partial charge in [0, 0.05) is 16.9 Å². The average molecular weight is 266 g/mol. The molecule has 0 heterocycles. The van der Waals surface area contributed by atoms with Crippen LogP contribution in [0.5, 0.6) is 5.75 Å². The van der Waals surface area contributed by atoms with Crippen LogP contribution in [-0.4, -0.2) is 10.9 Å². The Kier molecular flexibility index (Phi) is 2.89. The molecule has 1 atom stereocenters. The molecule has 0 amide bonds. The maximum Gasteiger partial charge on any atom is 0.167 e. The highest BCUT2D eigenvalue weighted by molar-refractivity contribution is 6.04. The Hall–Kier alpha value is -2.09. The first-order chi connectivity index (χ1) is 9.50. The van der Waals surface area contributed by atoms with Gasteiger partial charge in [0.1, 0.15) is 5.75 Å². The second kappa shape index (κ2) is 4.48. The third-order valence-corrected chi connectivity index (χ3v) is 4.43. The zero-order chi connectivity index (χ0) is 14.3. The average Bonchev–Trinajstić information content (AvgIpc) is 2.61. The van der Waals surface area contributed by atoms with E-state index in [2.05, 4.69) is 26.0 Å². The van der Waals surface area contributed by atoms with Gasteiger partial charge in [-0.1, -0.05) is 44.2 Å². The Morgan fingerprint density at radius 3 is 2.50 bits per heavy atom. The topological polar surface area (TPSA) is 37.3 Å². The molecule has 102 valence electrons. The largest absolute Gasteiger partial charge is 0.508 e. The SMILES string of the molecule is CC1(C)c2cc(O)ccc2C(=O)C1Cc1ccccc1. The van der Waals surface area contributed by atoms with Crippen LogP contribution in [0.25, 0.3) is 0 Å². The molecular formula is C18H18O2. The highest BCUT2D eigenvalue weighted by atomic mass is 16.3. The zero-order valence-electron chi connectivity index (χ0n) is 11.8. The van der Waals surface area contributed by atoms with Gasteiger partial charge in [-0.05, 0) is 35.7 Å². The highest BCUT2D eigenvalue weighted by Crippen LogP contribution is 2.45. The van der Waals surface area contributed by atoms with Crippen LogP contribution >= 0.6 is 0 Å². The van der Waals surface area contributed by atoms with Crippen LogP contribution in [0.15, 0.2) is 48.5 Å². The van der Waals surface area contributed by atoms with Gasteiger partial charge in [0.25, 0.3) is 0 Å². The summed E-state index contributed by atoms with van der Waals surface area (Å²) in [5.74, 6) is 0.348. The molecule has 0 saturated carbocycles. The predicted octanol–water partition coefficient (Wildman–Crippen LogP) is 3.73. The van der Waals surface area contributed by atoms with Crippen molar-refractivity contribution in [3.05, 3.63) is 65.2 Å². The third-order valence-electron chi connectivity index (χ3n) is 4.43. The number of phenols is 1. The fourth-order valence-electron chi connectivity index (χ4n) is 3.18. The minimum Gasteiger partial charge on any atom is -0.508 e. The quantitative estimate of drug-likeness (QED) is 0.899. The number of fused-ring (bicyclic) bond motifs is 1. The van der Waals surface area contributed by atoms with Crippen molar-refractivity contribution in [2.45, 2.75) is 25.7 Å². The second-order valence-corrected chi connectivity index (χ2v) is 6.06. The molecule has 2 heteroatoms. The van der Waals surface area contributed by atoms with E-state index in [9.17, 15) is 9.90 Å². The molecule has 2 aromatic rings. The van der Waals surface area contributed by atoms with Gasteiger partial charge in [-0.15, -0.1) is 0 Å². The maximum atomic E-state index is 12.6. The normalized spacial score (nSPS) is 19.9. The smallest absolute Gasteiger partial charge is 0.167 e. The molecule has 1 unspecified atom stereocenters. The fourth-order valence-corrected chi connectivity index (χ4v) is 3.18. The number of carbonyl (C=O) groups excluding carboxylic acids is 1. The third kappa shape index (κ3) is 1.92. The highest BCUT2D eigenvalue weighted by Gasteiger charge is 2.45. The molecule has 1 aliphatic rings. The molecule has 1 N–H and O–H groups in total. The van der Waals surface area contributed by atoms with Gasteiger partial charge in [-0.2, -0.15) is 0 Å². The van der Waals surface area contributed by atoms with Gasteiger partial charge in [-0.3, -0.25) is 4.79 Å². The summed E-state index contributed by atoms with van der Waals surface area (Å²) in [6, 6.07) is 15.2. The van der Waals surface area contributed by atoms with Gasteiger partial charge < -0.3 is 5.11 Å². The number of aromatic hydroxyl groups is 1. The van der Waals surface area contributed by atoms with Gasteiger partial charge in [0.05, 0.1) is 0 Å². The van der Waals surface area contributed by atoms with E-state index in [-0.39, 0.29) is 22.9 Å². The Morgan fingerprint density at radius 2 is 1.80 bits per heavy atom. The Labute approximate surface area is 119 Å². The van der Waals surface area contributed by atoms with Crippen LogP contribution < -0.4 is 0 Å². The number of hydrogen-bond donors (Lipinski definition) is 1. The lowest BCUT2D eigenvalue weighted by Crippen LogP contribution is -2.28. The van der Waals surface area contributed by atoms with Crippen molar-refractivity contribution < 1.29 is 9.90 Å². The number of benzene rings is 2. The molecule has 0 spiro atoms. The molecule has 3 rings (SSSR count). The summed E-state index contributed by atoms with van der Waals surface area (Å²) in [5.41, 5.74) is 2.65. The van der Waals surface area contributed by atoms with Gasteiger partial charge in [0.15, 0.2) is 5.78 Å². The molecule has 0 aliphatic heterocycles. The van der Waals surface area contributed by atoms with Gasteiger partial charge in [-0.25, -0.2) is 0 Å². The van der Waals surface area contributed by atoms with Crippen LogP contribution in [0.4, 0.5) is 0 Å². The van der Waals surface area contributed by atoms with E-state index in [0.29, 0.717) is 0 Å². The Bertz CT molecular complexity index is 656. The van der Waals surface area contributed by atoms with Crippen molar-refractivity contribution in [1.82, 2.24) is 0 Å². The molecule has 0 saturated heterocycles. The minimum absolute atomic E-state index is 0.0679. The summed E-state index contributed by atoms with van der Waals surface area (Å²) >= 11 is 0. The maximum absolute atomic E-state index is 12.6. The molecule has 20 heavy (non-hydrogen) atoms. The molecule has 0 radical (unpaired) electrons. The Morgan fingerprint density at radius 1 is 1.10 bits per heavy atom. The van der Waals surface area contributed by atoms with Crippen molar-refractivity contribution >= 4 is 5.78 Å². The van der Waals surface area contributed by atoms with Gasteiger partial charge in [0.2, 0.25) is 0 Å². The second-order valence-electron chi connectivity index (χ2n) is 6.06. The first kappa shape index (κ1) is 12.9. The first-order valence-electron chi connectivity index (χ1n) is 6.92. The van der Waals surface area contributed by atoms with Crippen molar-refractivity contribution in [3.63, 3.8) is 0 Å². The number of Topliss-reactive ketones (excluding diaryl/α,β-unsaturated/α-hetero) is 1. The molecule has 0 fully saturated rings. The minimum atomic E-state index is -0.249. The van der Waals surface area contributed by atoms with Crippen molar-refractivity contribution in [1.29, 1.82) is 0 Å².